The number of rotatable bonds is 6. The molecule has 1 aliphatic rings. The minimum absolute atomic E-state index is 0.0259. The average molecular weight is 520 g/mol. The topological polar surface area (TPSA) is 135 Å². The van der Waals surface area contributed by atoms with Crippen LogP contribution in [0, 0.1) is 0 Å². The Morgan fingerprint density at radius 2 is 1.97 bits per heavy atom. The standard InChI is InChI=1S/C26H29N7O5/c1-15-12-32(7-8-33(15)26(35)36)17-5-6-20-18(10-17)23(25(34)27-2)29-24(28-20)19-9-16-13-31(3)30-21(16)11-22(19)38-14-37-4/h5-6,9-11,13,15H,7-8,12,14H2,1-4H3,(H,27,34)(H,35,36). The molecular weight excluding hydrogens is 490 g/mol. The Kier molecular flexibility index (Phi) is 6.72. The fourth-order valence-corrected chi connectivity index (χ4v) is 4.79. The van der Waals surface area contributed by atoms with Crippen molar-refractivity contribution in [3.63, 3.8) is 0 Å². The zero-order valence-corrected chi connectivity index (χ0v) is 21.6. The number of ether oxygens (including phenoxy) is 2. The molecule has 4 aromatic rings. The largest absolute Gasteiger partial charge is 0.467 e. The van der Waals surface area contributed by atoms with Gasteiger partial charge >= 0.3 is 6.09 Å². The van der Waals surface area contributed by atoms with E-state index < -0.39 is 6.09 Å². The number of aromatic nitrogens is 4. The Labute approximate surface area is 218 Å². The summed E-state index contributed by atoms with van der Waals surface area (Å²) in [5, 5.41) is 18.0. The van der Waals surface area contributed by atoms with Crippen molar-refractivity contribution in [2.24, 2.45) is 7.05 Å². The van der Waals surface area contributed by atoms with Crippen molar-refractivity contribution >= 4 is 39.5 Å². The van der Waals surface area contributed by atoms with E-state index in [1.807, 2.05) is 44.4 Å². The highest BCUT2D eigenvalue weighted by Crippen LogP contribution is 2.34. The number of anilines is 1. The monoisotopic (exact) mass is 519 g/mol. The number of benzene rings is 2. The van der Waals surface area contributed by atoms with E-state index in [0.717, 1.165) is 16.6 Å². The number of aryl methyl sites for hydroxylation is 1. The lowest BCUT2D eigenvalue weighted by Crippen LogP contribution is -2.53. The van der Waals surface area contributed by atoms with E-state index in [2.05, 4.69) is 20.3 Å². The molecule has 1 saturated heterocycles. The fourth-order valence-electron chi connectivity index (χ4n) is 4.79. The van der Waals surface area contributed by atoms with Crippen molar-refractivity contribution in [2.75, 3.05) is 45.5 Å². The Balaban J connectivity index is 1.60. The predicted molar refractivity (Wildman–Crippen MR) is 142 cm³/mol. The number of carbonyl (C=O) groups is 2. The van der Waals surface area contributed by atoms with E-state index in [4.69, 9.17) is 14.5 Å². The Hall–Kier alpha value is -4.45. The van der Waals surface area contributed by atoms with Crippen LogP contribution in [0.4, 0.5) is 10.5 Å². The number of methoxy groups -OCH3 is 1. The van der Waals surface area contributed by atoms with Crippen LogP contribution in [0.15, 0.2) is 36.5 Å². The highest BCUT2D eigenvalue weighted by molar-refractivity contribution is 6.06. The van der Waals surface area contributed by atoms with Crippen LogP contribution in [0.2, 0.25) is 0 Å². The third kappa shape index (κ3) is 4.65. The third-order valence-electron chi connectivity index (χ3n) is 6.65. The Bertz CT molecular complexity index is 1540. The molecule has 0 spiro atoms. The van der Waals surface area contributed by atoms with Gasteiger partial charge in [0.2, 0.25) is 0 Å². The summed E-state index contributed by atoms with van der Waals surface area (Å²) < 4.78 is 12.6. The van der Waals surface area contributed by atoms with Crippen molar-refractivity contribution < 1.29 is 24.2 Å². The molecule has 0 bridgehead atoms. The van der Waals surface area contributed by atoms with E-state index in [-0.39, 0.29) is 24.4 Å². The summed E-state index contributed by atoms with van der Waals surface area (Å²) in [6.45, 7) is 3.39. The van der Waals surface area contributed by atoms with Crippen molar-refractivity contribution in [1.29, 1.82) is 0 Å². The molecule has 198 valence electrons. The maximum atomic E-state index is 13.0. The molecule has 1 aliphatic heterocycles. The summed E-state index contributed by atoms with van der Waals surface area (Å²) in [5.41, 5.74) is 3.06. The van der Waals surface area contributed by atoms with Gasteiger partial charge < -0.3 is 29.7 Å². The zero-order chi connectivity index (χ0) is 27.0. The van der Waals surface area contributed by atoms with Gasteiger partial charge in [-0.25, -0.2) is 14.8 Å². The predicted octanol–water partition coefficient (Wildman–Crippen LogP) is 2.71. The van der Waals surface area contributed by atoms with E-state index in [1.54, 1.807) is 17.8 Å². The van der Waals surface area contributed by atoms with Crippen molar-refractivity contribution in [3.8, 4) is 17.1 Å². The first-order chi connectivity index (χ1) is 18.3. The number of hydrogen-bond donors (Lipinski definition) is 2. The minimum Gasteiger partial charge on any atom is -0.467 e. The SMILES string of the molecule is CNC(=O)c1nc(-c2cc3cn(C)nc3cc2OCOC)nc2ccc(N3CCN(C(=O)O)C(C)C3)cc12. The lowest BCUT2D eigenvalue weighted by molar-refractivity contribution is 0.0516. The van der Waals surface area contributed by atoms with Gasteiger partial charge in [-0.05, 0) is 31.2 Å². The minimum atomic E-state index is -0.920. The van der Waals surface area contributed by atoms with Gasteiger partial charge in [0.1, 0.15) is 11.4 Å². The number of nitrogens with zero attached hydrogens (tertiary/aromatic N) is 6. The molecular formula is C26H29N7O5. The molecule has 12 nitrogen and oxygen atoms in total. The van der Waals surface area contributed by atoms with Crippen LogP contribution in [0.3, 0.4) is 0 Å². The summed E-state index contributed by atoms with van der Waals surface area (Å²) in [6.07, 6.45) is 0.966. The maximum Gasteiger partial charge on any atom is 0.407 e. The van der Waals surface area contributed by atoms with Crippen LogP contribution >= 0.6 is 0 Å². The summed E-state index contributed by atoms with van der Waals surface area (Å²) in [6, 6.07) is 9.20. The highest BCUT2D eigenvalue weighted by Gasteiger charge is 2.28. The molecule has 12 heteroatoms. The highest BCUT2D eigenvalue weighted by atomic mass is 16.7. The lowest BCUT2D eigenvalue weighted by atomic mass is 10.1. The molecule has 2 aromatic carbocycles. The van der Waals surface area contributed by atoms with Crippen LogP contribution in [0.25, 0.3) is 33.2 Å². The lowest BCUT2D eigenvalue weighted by Gasteiger charge is -2.39. The number of hydrogen-bond acceptors (Lipinski definition) is 8. The quantitative estimate of drug-likeness (QED) is 0.369. The first-order valence-corrected chi connectivity index (χ1v) is 12.2. The first kappa shape index (κ1) is 25.2. The molecule has 2 amide bonds. The number of carbonyl (C=O) groups excluding carboxylic acids is 1. The molecule has 0 saturated carbocycles. The summed E-state index contributed by atoms with van der Waals surface area (Å²) in [7, 11) is 4.93. The molecule has 0 radical (unpaired) electrons. The smallest absolute Gasteiger partial charge is 0.407 e. The van der Waals surface area contributed by atoms with Crippen LogP contribution in [0.5, 0.6) is 5.75 Å². The molecule has 3 heterocycles. The third-order valence-corrected chi connectivity index (χ3v) is 6.65. The second-order valence-electron chi connectivity index (χ2n) is 9.21. The molecule has 1 unspecified atom stereocenters. The van der Waals surface area contributed by atoms with Crippen molar-refractivity contribution in [1.82, 2.24) is 30.0 Å². The van der Waals surface area contributed by atoms with E-state index in [0.29, 0.717) is 47.7 Å². The number of amides is 2. The number of fused-ring (bicyclic) bond motifs is 2. The van der Waals surface area contributed by atoms with Gasteiger partial charge in [-0.1, -0.05) is 0 Å². The summed E-state index contributed by atoms with van der Waals surface area (Å²) in [5.74, 6) is 0.480. The molecule has 5 rings (SSSR count). The van der Waals surface area contributed by atoms with Gasteiger partial charge in [0, 0.05) is 75.6 Å². The van der Waals surface area contributed by atoms with Crippen LogP contribution in [0.1, 0.15) is 17.4 Å². The molecule has 0 aliphatic carbocycles. The van der Waals surface area contributed by atoms with E-state index >= 15 is 0 Å². The van der Waals surface area contributed by atoms with Crippen LogP contribution < -0.4 is 15.0 Å². The Morgan fingerprint density at radius 3 is 2.68 bits per heavy atom. The second-order valence-corrected chi connectivity index (χ2v) is 9.21. The van der Waals surface area contributed by atoms with Crippen molar-refractivity contribution in [2.45, 2.75) is 13.0 Å². The second kappa shape index (κ2) is 10.1. The normalized spacial score (nSPS) is 15.7. The van der Waals surface area contributed by atoms with Gasteiger partial charge in [0.15, 0.2) is 12.6 Å². The van der Waals surface area contributed by atoms with Gasteiger partial charge in [0.05, 0.1) is 16.6 Å². The number of piperazine rings is 1. The van der Waals surface area contributed by atoms with Crippen molar-refractivity contribution in [3.05, 3.63) is 42.2 Å². The summed E-state index contributed by atoms with van der Waals surface area (Å²) >= 11 is 0. The number of carboxylic acid groups (broad SMARTS) is 1. The van der Waals surface area contributed by atoms with Crippen LogP contribution in [-0.4, -0.2) is 88.4 Å². The van der Waals surface area contributed by atoms with Gasteiger partial charge in [-0.15, -0.1) is 0 Å². The first-order valence-electron chi connectivity index (χ1n) is 12.2. The molecule has 2 N–H and O–H groups in total. The Morgan fingerprint density at radius 1 is 1.16 bits per heavy atom. The van der Waals surface area contributed by atoms with Gasteiger partial charge in [-0.2, -0.15) is 5.10 Å². The molecule has 1 fully saturated rings. The van der Waals surface area contributed by atoms with Gasteiger partial charge in [0.25, 0.3) is 5.91 Å². The number of nitrogens with one attached hydrogen (secondary N) is 1. The van der Waals surface area contributed by atoms with E-state index in [9.17, 15) is 14.7 Å². The maximum absolute atomic E-state index is 13.0. The molecule has 2 aromatic heterocycles. The molecule has 38 heavy (non-hydrogen) atoms. The summed E-state index contributed by atoms with van der Waals surface area (Å²) in [4.78, 5) is 37.5. The average Bonchev–Trinajstić information content (AvgIpc) is 3.28. The van der Waals surface area contributed by atoms with Gasteiger partial charge in [-0.3, -0.25) is 9.48 Å². The van der Waals surface area contributed by atoms with Crippen LogP contribution in [-0.2, 0) is 11.8 Å². The molecule has 1 atom stereocenters. The zero-order valence-electron chi connectivity index (χ0n) is 21.6. The van der Waals surface area contributed by atoms with E-state index in [1.165, 1.54) is 12.0 Å². The fraction of sp³-hybridized carbons (Fsp3) is 0.346.